The van der Waals surface area contributed by atoms with Crippen molar-refractivity contribution in [3.05, 3.63) is 28.8 Å². The molecule has 0 radical (unpaired) electrons. The summed E-state index contributed by atoms with van der Waals surface area (Å²) in [6, 6.07) is 5.08. The molecule has 1 aromatic carbocycles. The molecule has 2 nitrogen and oxygen atoms in total. The van der Waals surface area contributed by atoms with Gasteiger partial charge < -0.3 is 9.55 Å². The highest BCUT2D eigenvalue weighted by atomic mass is 32.1. The number of nitrogens with zero attached hydrogens (tertiary/aromatic N) is 1. The molecular weight excluding hydrogens is 223 g/mol. The summed E-state index contributed by atoms with van der Waals surface area (Å²) in [5.41, 5.74) is 1.75. The molecule has 0 aliphatic heterocycles. The number of H-pyrrole nitrogens is 1. The average Bonchev–Trinajstić information content (AvgIpc) is 2.53. The van der Waals surface area contributed by atoms with Crippen molar-refractivity contribution < 1.29 is 4.39 Å². The molecule has 0 aliphatic carbocycles. The molecular formula is C12H15FN2S. The number of imidazole rings is 1. The van der Waals surface area contributed by atoms with Crippen molar-refractivity contribution >= 4 is 23.3 Å². The second-order valence-corrected chi connectivity index (χ2v) is 4.49. The smallest absolute Gasteiger partial charge is 0.178 e. The van der Waals surface area contributed by atoms with Crippen LogP contribution in [0.2, 0.25) is 0 Å². The summed E-state index contributed by atoms with van der Waals surface area (Å²) in [4.78, 5) is 3.04. The van der Waals surface area contributed by atoms with Crippen LogP contribution in [0.5, 0.6) is 0 Å². The highest BCUT2D eigenvalue weighted by Crippen LogP contribution is 2.22. The number of halogens is 1. The van der Waals surface area contributed by atoms with E-state index in [4.69, 9.17) is 12.2 Å². The molecule has 0 aliphatic rings. The first kappa shape index (κ1) is 11.3. The van der Waals surface area contributed by atoms with Crippen molar-refractivity contribution in [2.75, 3.05) is 0 Å². The van der Waals surface area contributed by atoms with Gasteiger partial charge in [0, 0.05) is 6.04 Å². The molecule has 0 saturated heterocycles. The lowest BCUT2D eigenvalue weighted by Gasteiger charge is -2.13. The van der Waals surface area contributed by atoms with Crippen LogP contribution in [0.3, 0.4) is 0 Å². The number of benzene rings is 1. The van der Waals surface area contributed by atoms with E-state index in [1.807, 2.05) is 0 Å². The number of hydrogen-bond donors (Lipinski definition) is 1. The minimum absolute atomic E-state index is 0.237. The molecule has 1 atom stereocenters. The van der Waals surface area contributed by atoms with Gasteiger partial charge in [-0.2, -0.15) is 0 Å². The summed E-state index contributed by atoms with van der Waals surface area (Å²) >= 11 is 5.27. The Balaban J connectivity index is 2.60. The van der Waals surface area contributed by atoms with Crippen LogP contribution < -0.4 is 0 Å². The van der Waals surface area contributed by atoms with Gasteiger partial charge in [-0.25, -0.2) is 4.39 Å². The zero-order chi connectivity index (χ0) is 11.7. The van der Waals surface area contributed by atoms with Gasteiger partial charge in [-0.15, -0.1) is 0 Å². The molecule has 0 bridgehead atoms. The highest BCUT2D eigenvalue weighted by molar-refractivity contribution is 7.71. The molecule has 0 amide bonds. The second kappa shape index (κ2) is 4.37. The lowest BCUT2D eigenvalue weighted by atomic mass is 10.2. The van der Waals surface area contributed by atoms with Crippen LogP contribution in [-0.4, -0.2) is 9.55 Å². The van der Waals surface area contributed by atoms with E-state index in [9.17, 15) is 4.39 Å². The van der Waals surface area contributed by atoms with Crippen molar-refractivity contribution in [1.29, 1.82) is 0 Å². The Morgan fingerprint density at radius 2 is 2.25 bits per heavy atom. The second-order valence-electron chi connectivity index (χ2n) is 4.10. The van der Waals surface area contributed by atoms with E-state index >= 15 is 0 Å². The van der Waals surface area contributed by atoms with Crippen LogP contribution in [0.1, 0.15) is 32.7 Å². The quantitative estimate of drug-likeness (QED) is 0.795. The first-order valence-electron chi connectivity index (χ1n) is 5.53. The van der Waals surface area contributed by atoms with E-state index in [2.05, 4.69) is 23.4 Å². The van der Waals surface area contributed by atoms with Gasteiger partial charge in [-0.05, 0) is 43.8 Å². The number of nitrogens with one attached hydrogen (secondary N) is 1. The first-order chi connectivity index (χ1) is 7.63. The maximum Gasteiger partial charge on any atom is 0.178 e. The summed E-state index contributed by atoms with van der Waals surface area (Å²) in [5.74, 6) is -0.237. The van der Waals surface area contributed by atoms with Gasteiger partial charge in [-0.3, -0.25) is 0 Å². The normalized spacial score (nSPS) is 13.2. The van der Waals surface area contributed by atoms with Gasteiger partial charge in [-0.1, -0.05) is 13.3 Å². The maximum absolute atomic E-state index is 13.1. The lowest BCUT2D eigenvalue weighted by Crippen LogP contribution is -2.04. The van der Waals surface area contributed by atoms with Crippen LogP contribution >= 0.6 is 12.2 Å². The molecule has 0 saturated carbocycles. The zero-order valence-corrected chi connectivity index (χ0v) is 10.3. The molecule has 86 valence electrons. The van der Waals surface area contributed by atoms with Crippen LogP contribution in [0.25, 0.3) is 11.0 Å². The standard InChI is InChI=1S/C12H15FN2S/c1-3-4-8(2)15-11-6-5-9(13)7-10(11)14-12(15)16/h5-8H,3-4H2,1-2H3,(H,14,16). The third kappa shape index (κ3) is 1.89. The molecule has 1 N–H and O–H groups in total. The minimum atomic E-state index is -0.237. The molecule has 0 spiro atoms. The Bertz CT molecular complexity index is 556. The summed E-state index contributed by atoms with van der Waals surface area (Å²) in [5, 5.41) is 0. The molecule has 1 unspecified atom stereocenters. The SMILES string of the molecule is CCCC(C)n1c(=S)[nH]c2cc(F)ccc21. The Labute approximate surface area is 99.1 Å². The van der Waals surface area contributed by atoms with Crippen LogP contribution in [0.15, 0.2) is 18.2 Å². The molecule has 4 heteroatoms. The minimum Gasteiger partial charge on any atom is -0.330 e. The van der Waals surface area contributed by atoms with E-state index in [1.165, 1.54) is 12.1 Å². The van der Waals surface area contributed by atoms with Gasteiger partial charge in [0.05, 0.1) is 11.0 Å². The van der Waals surface area contributed by atoms with E-state index in [1.54, 1.807) is 6.07 Å². The Kier molecular flexibility index (Phi) is 3.10. The summed E-state index contributed by atoms with van der Waals surface area (Å²) in [6.45, 7) is 4.28. The van der Waals surface area contributed by atoms with Crippen molar-refractivity contribution in [3.63, 3.8) is 0 Å². The third-order valence-electron chi connectivity index (χ3n) is 2.83. The van der Waals surface area contributed by atoms with Gasteiger partial charge in [0.1, 0.15) is 5.82 Å². The van der Waals surface area contributed by atoms with Gasteiger partial charge in [0.25, 0.3) is 0 Å². The first-order valence-corrected chi connectivity index (χ1v) is 5.94. The van der Waals surface area contributed by atoms with Crippen molar-refractivity contribution in [2.45, 2.75) is 32.7 Å². The fourth-order valence-electron chi connectivity index (χ4n) is 2.09. The van der Waals surface area contributed by atoms with Crippen LogP contribution in [-0.2, 0) is 0 Å². The summed E-state index contributed by atoms with van der Waals surface area (Å²) in [7, 11) is 0. The zero-order valence-electron chi connectivity index (χ0n) is 9.46. The van der Waals surface area contributed by atoms with E-state index < -0.39 is 0 Å². The predicted molar refractivity (Wildman–Crippen MR) is 66.7 cm³/mol. The fourth-order valence-corrected chi connectivity index (χ4v) is 2.48. The van der Waals surface area contributed by atoms with Crippen molar-refractivity contribution in [2.24, 2.45) is 0 Å². The molecule has 2 aromatic rings. The van der Waals surface area contributed by atoms with Gasteiger partial charge in [0.2, 0.25) is 0 Å². The molecule has 1 heterocycles. The highest BCUT2D eigenvalue weighted by Gasteiger charge is 2.10. The van der Waals surface area contributed by atoms with E-state index in [-0.39, 0.29) is 5.82 Å². The van der Waals surface area contributed by atoms with Crippen LogP contribution in [0.4, 0.5) is 4.39 Å². The number of hydrogen-bond acceptors (Lipinski definition) is 1. The Morgan fingerprint density at radius 1 is 1.50 bits per heavy atom. The molecule has 2 rings (SSSR count). The third-order valence-corrected chi connectivity index (χ3v) is 3.12. The predicted octanol–water partition coefficient (Wildman–Crippen LogP) is 4.20. The number of fused-ring (bicyclic) bond motifs is 1. The van der Waals surface area contributed by atoms with Gasteiger partial charge in [0.15, 0.2) is 4.77 Å². The Hall–Kier alpha value is -1.16. The average molecular weight is 238 g/mol. The molecule has 0 fully saturated rings. The van der Waals surface area contributed by atoms with Crippen LogP contribution in [0, 0.1) is 10.6 Å². The number of aromatic amines is 1. The Morgan fingerprint density at radius 3 is 2.94 bits per heavy atom. The van der Waals surface area contributed by atoms with E-state index in [0.717, 1.165) is 23.9 Å². The lowest BCUT2D eigenvalue weighted by molar-refractivity contribution is 0.507. The topological polar surface area (TPSA) is 20.7 Å². The fraction of sp³-hybridized carbons (Fsp3) is 0.417. The summed E-state index contributed by atoms with van der Waals surface area (Å²) < 4.78 is 15.8. The summed E-state index contributed by atoms with van der Waals surface area (Å²) in [6.07, 6.45) is 2.18. The maximum atomic E-state index is 13.1. The van der Waals surface area contributed by atoms with Crippen molar-refractivity contribution in [3.8, 4) is 0 Å². The molecule has 16 heavy (non-hydrogen) atoms. The number of rotatable bonds is 3. The monoisotopic (exact) mass is 238 g/mol. The van der Waals surface area contributed by atoms with E-state index in [0.29, 0.717) is 10.8 Å². The molecule has 1 aromatic heterocycles. The largest absolute Gasteiger partial charge is 0.330 e. The van der Waals surface area contributed by atoms with Crippen molar-refractivity contribution in [1.82, 2.24) is 9.55 Å². The number of aromatic nitrogens is 2. The van der Waals surface area contributed by atoms with Gasteiger partial charge >= 0.3 is 0 Å².